The van der Waals surface area contributed by atoms with Crippen LogP contribution in [0, 0.1) is 5.41 Å². The molecular formula is C19H22O2. The third-order valence-corrected chi connectivity index (χ3v) is 4.79. The summed E-state index contributed by atoms with van der Waals surface area (Å²) >= 11 is 0. The molecule has 0 aromatic heterocycles. The Labute approximate surface area is 126 Å². The molecule has 0 heterocycles. The first-order chi connectivity index (χ1) is 10.2. The Kier molecular flexibility index (Phi) is 4.09. The van der Waals surface area contributed by atoms with E-state index >= 15 is 0 Å². The molecule has 1 aliphatic rings. The van der Waals surface area contributed by atoms with Gasteiger partial charge in [0, 0.05) is 5.41 Å². The van der Waals surface area contributed by atoms with Gasteiger partial charge in [0.25, 0.3) is 0 Å². The molecule has 2 unspecified atom stereocenters. The number of hydrogen-bond donors (Lipinski definition) is 2. The van der Waals surface area contributed by atoms with Crippen LogP contribution in [0.4, 0.5) is 0 Å². The van der Waals surface area contributed by atoms with Gasteiger partial charge in [0.05, 0.1) is 12.2 Å². The highest BCUT2D eigenvalue weighted by Crippen LogP contribution is 2.44. The summed E-state index contributed by atoms with van der Waals surface area (Å²) in [5.41, 5.74) is 1.88. The molecule has 1 fully saturated rings. The quantitative estimate of drug-likeness (QED) is 0.905. The minimum Gasteiger partial charge on any atom is -0.392 e. The van der Waals surface area contributed by atoms with Crippen LogP contribution in [0.15, 0.2) is 60.7 Å². The molecule has 1 saturated carbocycles. The normalized spacial score (nSPS) is 24.1. The Morgan fingerprint density at radius 3 is 1.48 bits per heavy atom. The van der Waals surface area contributed by atoms with Crippen LogP contribution in [-0.4, -0.2) is 22.4 Å². The molecule has 2 aromatic rings. The molecule has 2 aromatic carbocycles. The van der Waals surface area contributed by atoms with Crippen molar-refractivity contribution < 1.29 is 10.2 Å². The summed E-state index contributed by atoms with van der Waals surface area (Å²) in [5, 5.41) is 21.1. The van der Waals surface area contributed by atoms with Crippen LogP contribution in [-0.2, 0) is 12.8 Å². The second-order valence-electron chi connectivity index (χ2n) is 6.17. The van der Waals surface area contributed by atoms with Crippen LogP contribution in [0.25, 0.3) is 0 Å². The van der Waals surface area contributed by atoms with Crippen LogP contribution in [0.2, 0.25) is 0 Å². The van der Waals surface area contributed by atoms with Gasteiger partial charge in [-0.05, 0) is 36.8 Å². The molecule has 2 heteroatoms. The molecule has 0 aliphatic heterocycles. The fourth-order valence-corrected chi connectivity index (χ4v) is 3.60. The van der Waals surface area contributed by atoms with E-state index in [9.17, 15) is 10.2 Å². The highest BCUT2D eigenvalue weighted by molar-refractivity contribution is 5.23. The molecule has 2 N–H and O–H groups in total. The Hall–Kier alpha value is -1.64. The van der Waals surface area contributed by atoms with Gasteiger partial charge in [-0.1, -0.05) is 60.7 Å². The van der Waals surface area contributed by atoms with Crippen LogP contribution >= 0.6 is 0 Å². The second-order valence-corrected chi connectivity index (χ2v) is 6.17. The minimum atomic E-state index is -0.470. The molecule has 0 radical (unpaired) electrons. The Morgan fingerprint density at radius 2 is 1.10 bits per heavy atom. The lowest BCUT2D eigenvalue weighted by molar-refractivity contribution is -0.0238. The van der Waals surface area contributed by atoms with E-state index < -0.39 is 17.6 Å². The van der Waals surface area contributed by atoms with Gasteiger partial charge in [-0.25, -0.2) is 0 Å². The molecule has 0 amide bonds. The highest BCUT2D eigenvalue weighted by Gasteiger charge is 2.48. The van der Waals surface area contributed by atoms with E-state index in [2.05, 4.69) is 24.3 Å². The van der Waals surface area contributed by atoms with Crippen LogP contribution in [0.5, 0.6) is 0 Å². The van der Waals surface area contributed by atoms with Crippen molar-refractivity contribution in [2.75, 3.05) is 0 Å². The van der Waals surface area contributed by atoms with Crippen molar-refractivity contribution in [2.45, 2.75) is 37.9 Å². The maximum Gasteiger partial charge on any atom is 0.0628 e. The Balaban J connectivity index is 1.92. The van der Waals surface area contributed by atoms with E-state index in [-0.39, 0.29) is 0 Å². The average Bonchev–Trinajstić information content (AvgIpc) is 2.78. The minimum absolute atomic E-state index is 0.451. The zero-order chi connectivity index (χ0) is 14.7. The predicted octanol–water partition coefficient (Wildman–Crippen LogP) is 2.97. The molecule has 0 spiro atoms. The third kappa shape index (κ3) is 2.87. The van der Waals surface area contributed by atoms with Crippen molar-refractivity contribution in [3.8, 4) is 0 Å². The smallest absolute Gasteiger partial charge is 0.0628 e. The third-order valence-electron chi connectivity index (χ3n) is 4.79. The van der Waals surface area contributed by atoms with Crippen molar-refractivity contribution in [1.82, 2.24) is 0 Å². The number of benzene rings is 2. The zero-order valence-corrected chi connectivity index (χ0v) is 12.2. The lowest BCUT2D eigenvalue weighted by atomic mass is 9.72. The van der Waals surface area contributed by atoms with Crippen LogP contribution < -0.4 is 0 Å². The summed E-state index contributed by atoms with van der Waals surface area (Å²) in [6.07, 6.45) is 1.89. The highest BCUT2D eigenvalue weighted by atomic mass is 16.3. The van der Waals surface area contributed by atoms with Crippen molar-refractivity contribution >= 4 is 0 Å². The largest absolute Gasteiger partial charge is 0.392 e. The van der Waals surface area contributed by atoms with Crippen molar-refractivity contribution in [2.24, 2.45) is 5.41 Å². The van der Waals surface area contributed by atoms with Crippen molar-refractivity contribution in [3.05, 3.63) is 71.8 Å². The number of aliphatic hydroxyl groups is 2. The monoisotopic (exact) mass is 282 g/mol. The van der Waals surface area contributed by atoms with E-state index in [1.54, 1.807) is 0 Å². The van der Waals surface area contributed by atoms with Crippen LogP contribution in [0.1, 0.15) is 24.0 Å². The molecule has 3 rings (SSSR count). The van der Waals surface area contributed by atoms with E-state index in [4.69, 9.17) is 0 Å². The summed E-state index contributed by atoms with van der Waals surface area (Å²) in [7, 11) is 0. The summed E-state index contributed by atoms with van der Waals surface area (Å²) in [4.78, 5) is 0. The van der Waals surface area contributed by atoms with Gasteiger partial charge in [0.1, 0.15) is 0 Å². The first-order valence-corrected chi connectivity index (χ1v) is 7.65. The molecule has 21 heavy (non-hydrogen) atoms. The molecule has 0 bridgehead atoms. The van der Waals surface area contributed by atoms with Crippen molar-refractivity contribution in [3.63, 3.8) is 0 Å². The number of aliphatic hydroxyl groups excluding tert-OH is 2. The first kappa shape index (κ1) is 14.3. The lowest BCUT2D eigenvalue weighted by Crippen LogP contribution is -2.43. The second kappa shape index (κ2) is 6.00. The van der Waals surface area contributed by atoms with Gasteiger partial charge in [-0.2, -0.15) is 0 Å². The van der Waals surface area contributed by atoms with Gasteiger partial charge < -0.3 is 10.2 Å². The molecule has 2 nitrogen and oxygen atoms in total. The van der Waals surface area contributed by atoms with Gasteiger partial charge >= 0.3 is 0 Å². The predicted molar refractivity (Wildman–Crippen MR) is 84.0 cm³/mol. The van der Waals surface area contributed by atoms with Crippen LogP contribution in [0.3, 0.4) is 0 Å². The fraction of sp³-hybridized carbons (Fsp3) is 0.368. The Morgan fingerprint density at radius 1 is 0.714 bits per heavy atom. The maximum atomic E-state index is 10.6. The lowest BCUT2D eigenvalue weighted by Gasteiger charge is -2.36. The van der Waals surface area contributed by atoms with Gasteiger partial charge in [0.2, 0.25) is 0 Å². The summed E-state index contributed by atoms with van der Waals surface area (Å²) < 4.78 is 0. The number of rotatable bonds is 4. The zero-order valence-electron chi connectivity index (χ0n) is 12.2. The molecule has 0 saturated heterocycles. The van der Waals surface area contributed by atoms with E-state index in [0.29, 0.717) is 25.7 Å². The topological polar surface area (TPSA) is 40.5 Å². The summed E-state index contributed by atoms with van der Waals surface area (Å²) in [6, 6.07) is 20.3. The molecule has 2 atom stereocenters. The Bertz CT molecular complexity index is 511. The molecule has 1 aliphatic carbocycles. The standard InChI is InChI=1S/C19H22O2/c20-17-11-12-18(21)19(17,13-15-7-3-1-4-8-15)14-16-9-5-2-6-10-16/h1-10,17-18,20-21H,11-14H2. The first-order valence-electron chi connectivity index (χ1n) is 7.65. The van der Waals surface area contributed by atoms with E-state index in [0.717, 1.165) is 0 Å². The summed E-state index contributed by atoms with van der Waals surface area (Å²) in [6.45, 7) is 0. The van der Waals surface area contributed by atoms with E-state index in [1.807, 2.05) is 36.4 Å². The number of hydrogen-bond acceptors (Lipinski definition) is 2. The average molecular weight is 282 g/mol. The molecular weight excluding hydrogens is 260 g/mol. The van der Waals surface area contributed by atoms with Gasteiger partial charge in [-0.3, -0.25) is 0 Å². The van der Waals surface area contributed by atoms with Crippen molar-refractivity contribution in [1.29, 1.82) is 0 Å². The van der Waals surface area contributed by atoms with Gasteiger partial charge in [0.15, 0.2) is 0 Å². The summed E-state index contributed by atoms with van der Waals surface area (Å²) in [5.74, 6) is 0. The molecule has 110 valence electrons. The maximum absolute atomic E-state index is 10.6. The van der Waals surface area contributed by atoms with Gasteiger partial charge in [-0.15, -0.1) is 0 Å². The fourth-order valence-electron chi connectivity index (χ4n) is 3.60. The van der Waals surface area contributed by atoms with E-state index in [1.165, 1.54) is 11.1 Å². The SMILES string of the molecule is OC1CCC(O)C1(Cc1ccccc1)Cc1ccccc1.